The SMILES string of the molecule is FC(F)(F)/C(Br)=C/S(F)(F)(F)(F)F. The van der Waals surface area contributed by atoms with Crippen molar-refractivity contribution in [2.45, 2.75) is 6.18 Å². The van der Waals surface area contributed by atoms with Crippen LogP contribution in [0.3, 0.4) is 0 Å². The van der Waals surface area contributed by atoms with E-state index >= 15 is 0 Å². The monoisotopic (exact) mass is 300 g/mol. The second kappa shape index (κ2) is 2.33. The van der Waals surface area contributed by atoms with Crippen molar-refractivity contribution in [1.82, 2.24) is 0 Å². The largest absolute Gasteiger partial charge is 0.423 e. The van der Waals surface area contributed by atoms with Gasteiger partial charge in [-0.05, 0) is 15.9 Å². The number of alkyl halides is 3. The van der Waals surface area contributed by atoms with Gasteiger partial charge in [0.2, 0.25) is 0 Å². The summed E-state index contributed by atoms with van der Waals surface area (Å²) in [5.41, 5.74) is 0. The van der Waals surface area contributed by atoms with Crippen LogP contribution in [0, 0.1) is 0 Å². The van der Waals surface area contributed by atoms with Gasteiger partial charge in [0.15, 0.2) is 0 Å². The minimum Gasteiger partial charge on any atom is -0.166 e. The Kier molecular flexibility index (Phi) is 2.33. The molecule has 0 aromatic carbocycles. The highest BCUT2D eigenvalue weighted by Crippen LogP contribution is 2.99. The van der Waals surface area contributed by atoms with Crippen LogP contribution >= 0.6 is 26.2 Å². The van der Waals surface area contributed by atoms with Crippen molar-refractivity contribution in [3.05, 3.63) is 9.89 Å². The van der Waals surface area contributed by atoms with E-state index in [0.717, 1.165) is 0 Å². The van der Waals surface area contributed by atoms with Gasteiger partial charge in [0, 0.05) is 0 Å². The normalized spacial score (nSPS) is 20.8. The molecule has 0 aliphatic heterocycles. The molecule has 0 saturated carbocycles. The van der Waals surface area contributed by atoms with Gasteiger partial charge in [-0.3, -0.25) is 0 Å². The number of rotatable bonds is 1. The molecule has 0 aliphatic rings. The summed E-state index contributed by atoms with van der Waals surface area (Å²) < 4.78 is 88.6. The van der Waals surface area contributed by atoms with Crippen molar-refractivity contribution < 1.29 is 32.6 Å². The van der Waals surface area contributed by atoms with Crippen LogP contribution in [0.4, 0.5) is 32.6 Å². The van der Waals surface area contributed by atoms with Gasteiger partial charge >= 0.3 is 16.4 Å². The molecule has 0 spiro atoms. The fourth-order valence-electron chi connectivity index (χ4n) is 0.262. The van der Waals surface area contributed by atoms with E-state index in [1.54, 1.807) is 0 Å². The van der Waals surface area contributed by atoms with Crippen molar-refractivity contribution in [3.63, 3.8) is 0 Å². The first-order valence-electron chi connectivity index (χ1n) is 2.30. The van der Waals surface area contributed by atoms with Gasteiger partial charge in [-0.15, -0.1) is 0 Å². The van der Waals surface area contributed by atoms with Crippen molar-refractivity contribution in [1.29, 1.82) is 0 Å². The Morgan fingerprint density at radius 1 is 1.00 bits per heavy atom. The summed E-state index contributed by atoms with van der Waals surface area (Å²) >= 11 is 1.37. The molecule has 0 fully saturated rings. The summed E-state index contributed by atoms with van der Waals surface area (Å²) in [6.45, 7) is 0. The van der Waals surface area contributed by atoms with Gasteiger partial charge in [0.1, 0.15) is 4.48 Å². The lowest BCUT2D eigenvalue weighted by Crippen LogP contribution is -2.10. The predicted octanol–water partition coefficient (Wildman–Crippen LogP) is 5.08. The van der Waals surface area contributed by atoms with E-state index in [1.807, 2.05) is 0 Å². The van der Waals surface area contributed by atoms with Crippen LogP contribution in [-0.4, -0.2) is 6.18 Å². The molecule has 0 rings (SSSR count). The van der Waals surface area contributed by atoms with Crippen LogP contribution in [0.2, 0.25) is 0 Å². The third kappa shape index (κ3) is 7.11. The van der Waals surface area contributed by atoms with Crippen LogP contribution in [0.1, 0.15) is 0 Å². The zero-order chi connectivity index (χ0) is 11.2. The van der Waals surface area contributed by atoms with Crippen LogP contribution in [0.5, 0.6) is 0 Å². The van der Waals surface area contributed by atoms with E-state index in [4.69, 9.17) is 0 Å². The Bertz CT molecular complexity index is 241. The summed E-state index contributed by atoms with van der Waals surface area (Å²) in [4.78, 5) is 0. The standard InChI is InChI=1S/C3HBrF8S/c4-2(3(5,6)7)1-13(8,9,10,11)12/h1H/b2-1-. The van der Waals surface area contributed by atoms with Crippen molar-refractivity contribution in [3.8, 4) is 0 Å². The van der Waals surface area contributed by atoms with Crippen LogP contribution in [-0.2, 0) is 0 Å². The number of hydrogen-bond donors (Lipinski definition) is 0. The first-order chi connectivity index (χ1) is 5.10. The van der Waals surface area contributed by atoms with Gasteiger partial charge in [0.05, 0.1) is 5.41 Å². The van der Waals surface area contributed by atoms with Crippen molar-refractivity contribution in [2.24, 2.45) is 0 Å². The van der Waals surface area contributed by atoms with Gasteiger partial charge < -0.3 is 0 Å². The number of halogens is 9. The molecule has 0 saturated heterocycles. The van der Waals surface area contributed by atoms with Crippen LogP contribution < -0.4 is 0 Å². The first kappa shape index (κ1) is 13.0. The lowest BCUT2D eigenvalue weighted by Gasteiger charge is -2.37. The van der Waals surface area contributed by atoms with E-state index in [0.29, 0.717) is 0 Å². The summed E-state index contributed by atoms with van der Waals surface area (Å²) in [6.07, 6.45) is -5.48. The predicted molar refractivity (Wildman–Crippen MR) is 36.2 cm³/mol. The van der Waals surface area contributed by atoms with Gasteiger partial charge in [-0.25, -0.2) is 0 Å². The van der Waals surface area contributed by atoms with Gasteiger partial charge in [-0.2, -0.15) is 13.2 Å². The van der Waals surface area contributed by atoms with Gasteiger partial charge in [-0.1, -0.05) is 19.4 Å². The second-order valence-corrected chi connectivity index (χ2v) is 5.14. The Morgan fingerprint density at radius 3 is 1.38 bits per heavy atom. The summed E-state index contributed by atoms with van der Waals surface area (Å²) in [5, 5.41) is -2.03. The third-order valence-electron chi connectivity index (χ3n) is 0.597. The maximum atomic E-state index is 11.4. The molecule has 0 nitrogen and oxygen atoms in total. The maximum absolute atomic E-state index is 11.4. The summed E-state index contributed by atoms with van der Waals surface area (Å²) in [5.74, 6) is 0. The quantitative estimate of drug-likeness (QED) is 0.592. The zero-order valence-corrected chi connectivity index (χ0v) is 7.79. The molecule has 0 aromatic rings. The Balaban J connectivity index is 5.24. The highest BCUT2D eigenvalue weighted by Gasteiger charge is 2.62. The molecule has 0 N–H and O–H groups in total. The highest BCUT2D eigenvalue weighted by atomic mass is 79.9. The number of allylic oxidation sites excluding steroid dienone is 1. The molecule has 0 aliphatic carbocycles. The fraction of sp³-hybridized carbons (Fsp3) is 0.333. The maximum Gasteiger partial charge on any atom is 0.423 e. The average Bonchev–Trinajstić information content (AvgIpc) is 1.51. The topological polar surface area (TPSA) is 0 Å². The van der Waals surface area contributed by atoms with Crippen molar-refractivity contribution in [2.75, 3.05) is 0 Å². The zero-order valence-electron chi connectivity index (χ0n) is 5.39. The molecule has 10 heteroatoms. The highest BCUT2D eigenvalue weighted by molar-refractivity contribution is 9.12. The minimum absolute atomic E-state index is 1.37. The smallest absolute Gasteiger partial charge is 0.166 e. The van der Waals surface area contributed by atoms with E-state index in [9.17, 15) is 32.6 Å². The summed E-state index contributed by atoms with van der Waals surface area (Å²) in [6, 6.07) is 0. The van der Waals surface area contributed by atoms with E-state index < -0.39 is 26.3 Å². The Hall–Kier alpha value is 0.01000. The van der Waals surface area contributed by atoms with E-state index in [1.165, 1.54) is 15.9 Å². The lowest BCUT2D eigenvalue weighted by atomic mass is 10.6. The third-order valence-corrected chi connectivity index (χ3v) is 2.26. The van der Waals surface area contributed by atoms with E-state index in [-0.39, 0.29) is 0 Å². The molecule has 0 heterocycles. The lowest BCUT2D eigenvalue weighted by molar-refractivity contribution is -0.0829. The second-order valence-electron chi connectivity index (χ2n) is 1.99. The molecule has 0 radical (unpaired) electrons. The van der Waals surface area contributed by atoms with E-state index in [2.05, 4.69) is 0 Å². The molecule has 82 valence electrons. The molecule has 13 heavy (non-hydrogen) atoms. The van der Waals surface area contributed by atoms with Crippen LogP contribution in [0.15, 0.2) is 9.89 Å². The molecular formula is C3HBrF8S. The number of hydrogen-bond acceptors (Lipinski definition) is 0. The minimum atomic E-state index is -10.1. The molecule has 0 unspecified atom stereocenters. The molecule has 0 bridgehead atoms. The van der Waals surface area contributed by atoms with Crippen LogP contribution in [0.25, 0.3) is 0 Å². The molecule has 0 amide bonds. The Labute approximate surface area is 75.4 Å². The first-order valence-corrected chi connectivity index (χ1v) is 5.11. The summed E-state index contributed by atoms with van der Waals surface area (Å²) in [7, 11) is -10.1. The van der Waals surface area contributed by atoms with Crippen molar-refractivity contribution >= 4 is 26.2 Å². The fourth-order valence-corrected chi connectivity index (χ4v) is 1.85. The molecule has 0 aromatic heterocycles. The average molecular weight is 301 g/mol. The van der Waals surface area contributed by atoms with Gasteiger partial charge in [0.25, 0.3) is 0 Å². The Morgan fingerprint density at radius 2 is 1.31 bits per heavy atom. The molecule has 0 atom stereocenters. The molecular weight excluding hydrogens is 300 g/mol.